The van der Waals surface area contributed by atoms with Crippen LogP contribution >= 0.6 is 0 Å². The number of nitrogens with zero attached hydrogens (tertiary/aromatic N) is 6. The van der Waals surface area contributed by atoms with Crippen molar-refractivity contribution >= 4 is 21.2 Å². The fourth-order valence-corrected chi connectivity index (χ4v) is 4.83. The third kappa shape index (κ3) is 4.25. The molecule has 1 aromatic carbocycles. The van der Waals surface area contributed by atoms with Crippen LogP contribution < -0.4 is 10.1 Å². The molecular formula is C21H18F2N8O4S. The van der Waals surface area contributed by atoms with Gasteiger partial charge in [0.1, 0.15) is 16.3 Å². The number of anilines is 1. The average molecular weight is 516 g/mol. The van der Waals surface area contributed by atoms with E-state index in [0.717, 1.165) is 18.3 Å². The molecule has 36 heavy (non-hydrogen) atoms. The Kier molecular flexibility index (Phi) is 5.85. The van der Waals surface area contributed by atoms with Gasteiger partial charge in [0.15, 0.2) is 11.9 Å². The van der Waals surface area contributed by atoms with Gasteiger partial charge < -0.3 is 15.2 Å². The molecule has 0 aliphatic carbocycles. The molecule has 0 saturated carbocycles. The van der Waals surface area contributed by atoms with Crippen LogP contribution in [-0.2, 0) is 16.9 Å². The monoisotopic (exact) mass is 516 g/mol. The van der Waals surface area contributed by atoms with E-state index < -0.39 is 22.7 Å². The van der Waals surface area contributed by atoms with Crippen molar-refractivity contribution in [1.29, 1.82) is 0 Å². The van der Waals surface area contributed by atoms with Gasteiger partial charge >= 0.3 is 6.61 Å². The number of aliphatic hydroxyl groups is 1. The number of ether oxygens (including phenoxy) is 1. The van der Waals surface area contributed by atoms with Gasteiger partial charge in [0.25, 0.3) is 0 Å². The van der Waals surface area contributed by atoms with E-state index in [9.17, 15) is 22.3 Å². The number of benzene rings is 1. The smallest absolute Gasteiger partial charge is 0.387 e. The van der Waals surface area contributed by atoms with Gasteiger partial charge in [0.05, 0.1) is 28.5 Å². The lowest BCUT2D eigenvalue weighted by Gasteiger charge is -2.15. The van der Waals surface area contributed by atoms with E-state index in [2.05, 4.69) is 35.4 Å². The van der Waals surface area contributed by atoms with Gasteiger partial charge in [-0.15, -0.1) is 0 Å². The summed E-state index contributed by atoms with van der Waals surface area (Å²) in [4.78, 5) is 3.91. The number of aliphatic hydroxyl groups excluding tert-OH is 1. The van der Waals surface area contributed by atoms with Crippen molar-refractivity contribution in [2.45, 2.75) is 22.6 Å². The lowest BCUT2D eigenvalue weighted by molar-refractivity contribution is -0.0494. The SMILES string of the molecule is Cn1cc(NC(O)c2cnn3cccnc23)c(-c2cc(S(=O)(=O)c3cn[nH]c3)ccc2OC(F)F)n1. The number of hydrogen-bond acceptors (Lipinski definition) is 9. The zero-order chi connectivity index (χ0) is 25.4. The number of halogens is 2. The van der Waals surface area contributed by atoms with Crippen LogP contribution in [0.2, 0.25) is 0 Å². The summed E-state index contributed by atoms with van der Waals surface area (Å²) in [6.07, 6.45) is 7.16. The summed E-state index contributed by atoms with van der Waals surface area (Å²) >= 11 is 0. The number of rotatable bonds is 8. The molecule has 186 valence electrons. The fourth-order valence-electron chi connectivity index (χ4n) is 3.64. The van der Waals surface area contributed by atoms with Crippen LogP contribution in [0.25, 0.3) is 16.9 Å². The number of H-pyrrole nitrogens is 1. The first-order chi connectivity index (χ1) is 17.2. The van der Waals surface area contributed by atoms with Crippen LogP contribution in [0.3, 0.4) is 0 Å². The molecular weight excluding hydrogens is 498 g/mol. The molecule has 12 nitrogen and oxygen atoms in total. The molecule has 15 heteroatoms. The largest absolute Gasteiger partial charge is 0.434 e. The van der Waals surface area contributed by atoms with Crippen molar-refractivity contribution in [3.05, 3.63) is 67.0 Å². The fraction of sp³-hybridized carbons (Fsp3) is 0.143. The number of nitrogens with one attached hydrogen (secondary N) is 2. The van der Waals surface area contributed by atoms with Crippen LogP contribution in [-0.4, -0.2) is 54.7 Å². The summed E-state index contributed by atoms with van der Waals surface area (Å²) in [6, 6.07) is 5.13. The number of aromatic amines is 1. The molecule has 5 rings (SSSR count). The third-order valence-electron chi connectivity index (χ3n) is 5.24. The Morgan fingerprint density at radius 2 is 2.06 bits per heavy atom. The molecule has 0 aliphatic heterocycles. The Balaban J connectivity index is 1.58. The summed E-state index contributed by atoms with van der Waals surface area (Å²) in [6.45, 7) is -3.17. The molecule has 0 fully saturated rings. The Hall–Kier alpha value is -4.37. The van der Waals surface area contributed by atoms with Crippen LogP contribution in [0.4, 0.5) is 14.5 Å². The molecule has 4 heterocycles. The first-order valence-corrected chi connectivity index (χ1v) is 11.8. The molecule has 3 N–H and O–H groups in total. The van der Waals surface area contributed by atoms with Gasteiger partial charge in [-0.1, -0.05) is 0 Å². The molecule has 0 aliphatic rings. The number of alkyl halides is 2. The minimum absolute atomic E-state index is 0.0341. The normalized spacial score (nSPS) is 12.8. The van der Waals surface area contributed by atoms with Crippen LogP contribution in [0.1, 0.15) is 11.8 Å². The van der Waals surface area contributed by atoms with Crippen molar-refractivity contribution in [3.63, 3.8) is 0 Å². The average Bonchev–Trinajstić information content (AvgIpc) is 3.59. The number of hydrogen-bond donors (Lipinski definition) is 3. The molecule has 1 atom stereocenters. The van der Waals surface area contributed by atoms with Crippen molar-refractivity contribution < 1.29 is 27.0 Å². The predicted molar refractivity (Wildman–Crippen MR) is 121 cm³/mol. The van der Waals surface area contributed by atoms with Gasteiger partial charge in [0, 0.05) is 37.4 Å². The zero-order valence-corrected chi connectivity index (χ0v) is 19.3. The number of sulfone groups is 1. The second kappa shape index (κ2) is 9.01. The standard InChI is InChI=1S/C21H18F2N8O4S/c1-30-11-16(28-20(32)15-10-27-31-6-2-5-24-19(15)31)18(29-30)14-7-12(3-4-17(14)35-21(22)23)36(33,34)13-8-25-26-9-13/h2-11,20-21,28,32H,1H3,(H,25,26). The third-order valence-corrected chi connectivity index (χ3v) is 6.96. The minimum atomic E-state index is -4.02. The first-order valence-electron chi connectivity index (χ1n) is 10.3. The van der Waals surface area contributed by atoms with Gasteiger partial charge in [-0.05, 0) is 24.3 Å². The molecule has 0 spiro atoms. The van der Waals surface area contributed by atoms with E-state index in [0.29, 0.717) is 11.2 Å². The Morgan fingerprint density at radius 1 is 1.22 bits per heavy atom. The molecule has 0 saturated heterocycles. The molecule has 0 bridgehead atoms. The first kappa shape index (κ1) is 23.4. The summed E-state index contributed by atoms with van der Waals surface area (Å²) in [5.74, 6) is -0.301. The van der Waals surface area contributed by atoms with Crippen molar-refractivity contribution in [3.8, 4) is 17.0 Å². The maximum Gasteiger partial charge on any atom is 0.387 e. The minimum Gasteiger partial charge on any atom is -0.434 e. The van der Waals surface area contributed by atoms with Gasteiger partial charge in [-0.2, -0.15) is 24.1 Å². The van der Waals surface area contributed by atoms with Crippen molar-refractivity contribution in [1.82, 2.24) is 34.6 Å². The van der Waals surface area contributed by atoms with Gasteiger partial charge in [0.2, 0.25) is 9.84 Å². The highest BCUT2D eigenvalue weighted by atomic mass is 32.2. The quantitative estimate of drug-likeness (QED) is 0.264. The molecule has 1 unspecified atom stereocenters. The Labute approximate surface area is 202 Å². The zero-order valence-electron chi connectivity index (χ0n) is 18.4. The van der Waals surface area contributed by atoms with E-state index >= 15 is 0 Å². The second-order valence-electron chi connectivity index (χ2n) is 7.57. The second-order valence-corrected chi connectivity index (χ2v) is 9.52. The molecule has 0 radical (unpaired) electrons. The highest BCUT2D eigenvalue weighted by Gasteiger charge is 2.25. The van der Waals surface area contributed by atoms with E-state index in [1.165, 1.54) is 33.9 Å². The van der Waals surface area contributed by atoms with Crippen LogP contribution in [0, 0.1) is 0 Å². The summed E-state index contributed by atoms with van der Waals surface area (Å²) in [5.41, 5.74) is 1.01. The van der Waals surface area contributed by atoms with E-state index in [4.69, 9.17) is 0 Å². The highest BCUT2D eigenvalue weighted by Crippen LogP contribution is 2.38. The number of aryl methyl sites for hydroxylation is 1. The summed E-state index contributed by atoms with van der Waals surface area (Å²) in [5, 5.41) is 28.2. The predicted octanol–water partition coefficient (Wildman–Crippen LogP) is 2.39. The van der Waals surface area contributed by atoms with E-state index in [1.54, 1.807) is 25.5 Å². The maximum atomic E-state index is 13.2. The van der Waals surface area contributed by atoms with E-state index in [1.807, 2.05) is 0 Å². The Bertz CT molecular complexity index is 1630. The number of fused-ring (bicyclic) bond motifs is 1. The summed E-state index contributed by atoms with van der Waals surface area (Å²) < 4.78 is 59.9. The highest BCUT2D eigenvalue weighted by molar-refractivity contribution is 7.91. The molecule has 4 aromatic heterocycles. The lowest BCUT2D eigenvalue weighted by atomic mass is 10.1. The van der Waals surface area contributed by atoms with Crippen molar-refractivity contribution in [2.75, 3.05) is 5.32 Å². The lowest BCUT2D eigenvalue weighted by Crippen LogP contribution is -2.11. The summed E-state index contributed by atoms with van der Waals surface area (Å²) in [7, 11) is -2.44. The van der Waals surface area contributed by atoms with Crippen LogP contribution in [0.5, 0.6) is 5.75 Å². The molecule has 5 aromatic rings. The molecule has 0 amide bonds. The Morgan fingerprint density at radius 3 is 2.81 bits per heavy atom. The van der Waals surface area contributed by atoms with Crippen molar-refractivity contribution in [2.24, 2.45) is 7.05 Å². The van der Waals surface area contributed by atoms with Gasteiger partial charge in [-0.3, -0.25) is 9.78 Å². The number of aromatic nitrogens is 7. The maximum absolute atomic E-state index is 13.2. The van der Waals surface area contributed by atoms with E-state index in [-0.39, 0.29) is 32.5 Å². The topological polar surface area (TPSA) is 152 Å². The van der Waals surface area contributed by atoms with Gasteiger partial charge in [-0.25, -0.2) is 17.9 Å². The van der Waals surface area contributed by atoms with Crippen LogP contribution in [0.15, 0.2) is 71.2 Å².